The summed E-state index contributed by atoms with van der Waals surface area (Å²) in [6.07, 6.45) is 26.5. The molecular formula is C30H37NO2. The molecule has 3 atom stereocenters. The zero-order valence-electron chi connectivity index (χ0n) is 20.0. The van der Waals surface area contributed by atoms with Gasteiger partial charge in [-0.3, -0.25) is 9.59 Å². The molecule has 0 spiro atoms. The highest BCUT2D eigenvalue weighted by molar-refractivity contribution is 6.42. The van der Waals surface area contributed by atoms with E-state index < -0.39 is 0 Å². The van der Waals surface area contributed by atoms with Gasteiger partial charge >= 0.3 is 0 Å². The Morgan fingerprint density at radius 2 is 1.79 bits per heavy atom. The van der Waals surface area contributed by atoms with Crippen LogP contribution in [-0.2, 0) is 9.59 Å². The van der Waals surface area contributed by atoms with Crippen LogP contribution in [0.15, 0.2) is 77.0 Å². The first-order valence-corrected chi connectivity index (χ1v) is 12.8. The van der Waals surface area contributed by atoms with Gasteiger partial charge in [0.2, 0.25) is 0 Å². The van der Waals surface area contributed by atoms with Crippen molar-refractivity contribution in [1.82, 2.24) is 0 Å². The van der Waals surface area contributed by atoms with Crippen molar-refractivity contribution in [2.75, 3.05) is 0 Å². The summed E-state index contributed by atoms with van der Waals surface area (Å²) in [6.45, 7) is 6.04. The molecule has 2 saturated carbocycles. The zero-order chi connectivity index (χ0) is 23.2. The summed E-state index contributed by atoms with van der Waals surface area (Å²) >= 11 is 0. The molecule has 0 aromatic rings. The molecule has 33 heavy (non-hydrogen) atoms. The second-order valence-electron chi connectivity index (χ2n) is 9.94. The van der Waals surface area contributed by atoms with Crippen LogP contribution < -0.4 is 0 Å². The second kappa shape index (κ2) is 11.0. The highest BCUT2D eigenvalue weighted by Crippen LogP contribution is 2.38. The Bertz CT molecular complexity index is 965. The van der Waals surface area contributed by atoms with Crippen molar-refractivity contribution in [2.24, 2.45) is 28.7 Å². The van der Waals surface area contributed by atoms with Gasteiger partial charge in [-0.2, -0.15) is 0 Å². The van der Waals surface area contributed by atoms with Gasteiger partial charge in [-0.05, 0) is 74.0 Å². The number of allylic oxidation sites excluding steroid dienone is 11. The van der Waals surface area contributed by atoms with E-state index in [1.807, 2.05) is 19.1 Å². The molecule has 3 unspecified atom stereocenters. The number of fused-ring (bicyclic) bond motifs is 1. The van der Waals surface area contributed by atoms with Gasteiger partial charge < -0.3 is 0 Å². The van der Waals surface area contributed by atoms with Crippen molar-refractivity contribution in [2.45, 2.75) is 71.1 Å². The Morgan fingerprint density at radius 1 is 1.03 bits per heavy atom. The van der Waals surface area contributed by atoms with Crippen LogP contribution in [0.25, 0.3) is 0 Å². The molecule has 0 saturated heterocycles. The first kappa shape index (κ1) is 23.6. The molecule has 1 aliphatic heterocycles. The second-order valence-corrected chi connectivity index (χ2v) is 9.94. The average Bonchev–Trinajstić information content (AvgIpc) is 3.36. The van der Waals surface area contributed by atoms with Crippen LogP contribution in [0.4, 0.5) is 0 Å². The standard InChI is InChI=1S/C30H37NO2/c1-3-10-26(23-12-6-5-7-13-23)21(4-2)20-29(32)27-17-18-28(31-27)30(33)25-16-15-22-11-8-9-14-24(22)19-25/h3-4,8-11,14,17,22-25H,2,5-7,12-13,15-16,18-20H2,1H3/b10-3-,26-21-. The highest BCUT2D eigenvalue weighted by atomic mass is 16.1. The van der Waals surface area contributed by atoms with Gasteiger partial charge in [0.1, 0.15) is 5.70 Å². The lowest BCUT2D eigenvalue weighted by molar-refractivity contribution is -0.118. The van der Waals surface area contributed by atoms with Crippen LogP contribution in [0.1, 0.15) is 71.1 Å². The van der Waals surface area contributed by atoms with Crippen molar-refractivity contribution in [3.8, 4) is 0 Å². The Labute approximate surface area is 198 Å². The number of hydrogen-bond donors (Lipinski definition) is 0. The molecule has 0 amide bonds. The maximum Gasteiger partial charge on any atom is 0.185 e. The van der Waals surface area contributed by atoms with Crippen molar-refractivity contribution < 1.29 is 9.59 Å². The summed E-state index contributed by atoms with van der Waals surface area (Å²) in [5.74, 6) is 1.70. The lowest BCUT2D eigenvalue weighted by Gasteiger charge is -2.33. The SMILES string of the molecule is C=C/C(CC(=O)C1=CCC(C(=O)C2CCC3C=CC=CC3C2)=N1)=C(\C=C/C)C1CCCCC1. The summed E-state index contributed by atoms with van der Waals surface area (Å²) < 4.78 is 0. The molecule has 2 fully saturated rings. The molecule has 0 radical (unpaired) electrons. The quantitative estimate of drug-likeness (QED) is 0.378. The summed E-state index contributed by atoms with van der Waals surface area (Å²) in [7, 11) is 0. The average molecular weight is 444 g/mol. The third-order valence-corrected chi connectivity index (χ3v) is 7.83. The largest absolute Gasteiger partial charge is 0.292 e. The molecule has 0 aromatic heterocycles. The summed E-state index contributed by atoms with van der Waals surface area (Å²) in [6, 6.07) is 0. The van der Waals surface area contributed by atoms with E-state index in [0.717, 1.165) is 24.8 Å². The number of aliphatic imine (C=N–C) groups is 1. The molecule has 0 bridgehead atoms. The minimum absolute atomic E-state index is 0.00503. The van der Waals surface area contributed by atoms with Gasteiger partial charge in [-0.1, -0.05) is 68.4 Å². The number of Topliss-reactive ketones (excluding diaryl/α,β-unsaturated/α-hetero) is 2. The van der Waals surface area contributed by atoms with E-state index >= 15 is 0 Å². The summed E-state index contributed by atoms with van der Waals surface area (Å²) in [5.41, 5.74) is 3.29. The Hall–Kier alpha value is -2.55. The fourth-order valence-electron chi connectivity index (χ4n) is 5.99. The number of hydrogen-bond acceptors (Lipinski definition) is 3. The first-order chi connectivity index (χ1) is 16.1. The van der Waals surface area contributed by atoms with Crippen molar-refractivity contribution >= 4 is 17.3 Å². The van der Waals surface area contributed by atoms with E-state index in [2.05, 4.69) is 48.0 Å². The van der Waals surface area contributed by atoms with Gasteiger partial charge in [0, 0.05) is 18.8 Å². The molecule has 1 heterocycles. The van der Waals surface area contributed by atoms with Gasteiger partial charge in [0.05, 0.1) is 5.71 Å². The van der Waals surface area contributed by atoms with Crippen LogP contribution in [-0.4, -0.2) is 17.3 Å². The maximum atomic E-state index is 13.2. The number of nitrogens with zero attached hydrogens (tertiary/aromatic N) is 1. The Balaban J connectivity index is 1.42. The molecule has 4 aliphatic rings. The Morgan fingerprint density at radius 3 is 2.52 bits per heavy atom. The molecular weight excluding hydrogens is 406 g/mol. The van der Waals surface area contributed by atoms with Crippen LogP contribution >= 0.6 is 0 Å². The van der Waals surface area contributed by atoms with E-state index in [1.165, 1.54) is 37.7 Å². The van der Waals surface area contributed by atoms with Gasteiger partial charge in [0.15, 0.2) is 11.6 Å². The number of rotatable bonds is 8. The fraction of sp³-hybridized carbons (Fsp3) is 0.500. The zero-order valence-corrected chi connectivity index (χ0v) is 20.0. The maximum absolute atomic E-state index is 13.2. The molecule has 4 rings (SSSR count). The minimum atomic E-state index is -0.00503. The molecule has 0 N–H and O–H groups in total. The van der Waals surface area contributed by atoms with Crippen LogP contribution in [0.2, 0.25) is 0 Å². The minimum Gasteiger partial charge on any atom is -0.292 e. The summed E-state index contributed by atoms with van der Waals surface area (Å²) in [5, 5.41) is 0. The van der Waals surface area contributed by atoms with Crippen LogP contribution in [0.3, 0.4) is 0 Å². The van der Waals surface area contributed by atoms with Crippen LogP contribution in [0, 0.1) is 23.7 Å². The smallest absolute Gasteiger partial charge is 0.185 e. The lowest BCUT2D eigenvalue weighted by Crippen LogP contribution is -2.31. The predicted molar refractivity (Wildman–Crippen MR) is 136 cm³/mol. The van der Waals surface area contributed by atoms with E-state index in [1.54, 1.807) is 0 Å². The molecule has 174 valence electrons. The highest BCUT2D eigenvalue weighted by Gasteiger charge is 2.34. The topological polar surface area (TPSA) is 46.5 Å². The van der Waals surface area contributed by atoms with Crippen LogP contribution in [0.5, 0.6) is 0 Å². The van der Waals surface area contributed by atoms with Gasteiger partial charge in [-0.15, -0.1) is 0 Å². The number of carbonyl (C=O) groups is 2. The van der Waals surface area contributed by atoms with E-state index in [9.17, 15) is 9.59 Å². The van der Waals surface area contributed by atoms with Crippen molar-refractivity contribution in [1.29, 1.82) is 0 Å². The number of ketones is 2. The van der Waals surface area contributed by atoms with E-state index in [0.29, 0.717) is 42.0 Å². The summed E-state index contributed by atoms with van der Waals surface area (Å²) in [4.78, 5) is 30.8. The first-order valence-electron chi connectivity index (χ1n) is 12.8. The number of carbonyl (C=O) groups excluding carboxylic acids is 2. The third-order valence-electron chi connectivity index (χ3n) is 7.83. The monoisotopic (exact) mass is 443 g/mol. The van der Waals surface area contributed by atoms with Gasteiger partial charge in [0.25, 0.3) is 0 Å². The normalized spacial score (nSPS) is 28.2. The lowest BCUT2D eigenvalue weighted by atomic mass is 9.70. The Kier molecular flexibility index (Phi) is 7.90. The predicted octanol–water partition coefficient (Wildman–Crippen LogP) is 7.04. The van der Waals surface area contributed by atoms with E-state index in [-0.39, 0.29) is 17.5 Å². The molecule has 3 nitrogen and oxygen atoms in total. The molecule has 3 heteroatoms. The van der Waals surface area contributed by atoms with Crippen molar-refractivity contribution in [3.63, 3.8) is 0 Å². The van der Waals surface area contributed by atoms with Crippen molar-refractivity contribution in [3.05, 3.63) is 72.0 Å². The molecule has 3 aliphatic carbocycles. The van der Waals surface area contributed by atoms with E-state index in [4.69, 9.17) is 0 Å². The molecule has 0 aromatic carbocycles. The third kappa shape index (κ3) is 5.51. The van der Waals surface area contributed by atoms with Gasteiger partial charge in [-0.25, -0.2) is 4.99 Å². The fourth-order valence-corrected chi connectivity index (χ4v) is 5.99.